The number of likely N-dealkylation sites (tertiary alicyclic amines) is 2. The van der Waals surface area contributed by atoms with Gasteiger partial charge in [0.25, 0.3) is 5.91 Å². The monoisotopic (exact) mass is 406 g/mol. The zero-order valence-corrected chi connectivity index (χ0v) is 17.8. The van der Waals surface area contributed by atoms with Gasteiger partial charge in [0.05, 0.1) is 13.0 Å². The number of amides is 2. The van der Waals surface area contributed by atoms with E-state index < -0.39 is 0 Å². The Hall–Kier alpha value is -2.82. The van der Waals surface area contributed by atoms with Crippen molar-refractivity contribution < 1.29 is 14.3 Å². The zero-order valence-electron chi connectivity index (χ0n) is 17.8. The van der Waals surface area contributed by atoms with E-state index in [-0.39, 0.29) is 23.7 Å². The molecule has 2 unspecified atom stereocenters. The Morgan fingerprint density at radius 1 is 0.867 bits per heavy atom. The summed E-state index contributed by atoms with van der Waals surface area (Å²) in [6, 6.07) is 15.6. The highest BCUT2D eigenvalue weighted by atomic mass is 16.5. The van der Waals surface area contributed by atoms with Crippen molar-refractivity contribution in [2.75, 3.05) is 33.3 Å². The predicted molar refractivity (Wildman–Crippen MR) is 117 cm³/mol. The first kappa shape index (κ1) is 20.5. The molecule has 2 aliphatic rings. The number of aryl methyl sites for hydroxylation is 1. The minimum atomic E-state index is -0.203. The maximum atomic E-state index is 13.4. The zero-order chi connectivity index (χ0) is 21.1. The summed E-state index contributed by atoms with van der Waals surface area (Å²) < 4.78 is 5.29. The third kappa shape index (κ3) is 4.20. The van der Waals surface area contributed by atoms with Gasteiger partial charge in [-0.1, -0.05) is 29.8 Å². The molecule has 2 aliphatic heterocycles. The van der Waals surface area contributed by atoms with Crippen LogP contribution in [0.2, 0.25) is 0 Å². The molecule has 0 radical (unpaired) electrons. The summed E-state index contributed by atoms with van der Waals surface area (Å²) in [4.78, 5) is 30.4. The van der Waals surface area contributed by atoms with E-state index in [1.165, 1.54) is 6.42 Å². The molecule has 4 rings (SSSR count). The standard InChI is InChI=1S/C25H30N2O3/c1-18-6-8-20(9-7-18)24(28)27-16-22(19-10-12-21(30-2)13-11-19)23(17-27)25(29)26-14-4-3-5-15-26/h6-13,22-23H,3-5,14-17H2,1-2H3. The first-order valence-electron chi connectivity index (χ1n) is 10.9. The molecule has 2 atom stereocenters. The van der Waals surface area contributed by atoms with E-state index in [0.29, 0.717) is 18.7 Å². The van der Waals surface area contributed by atoms with Gasteiger partial charge in [-0.15, -0.1) is 0 Å². The summed E-state index contributed by atoms with van der Waals surface area (Å²) in [5, 5.41) is 0. The molecule has 2 amide bonds. The third-order valence-corrected chi connectivity index (χ3v) is 6.43. The van der Waals surface area contributed by atoms with Gasteiger partial charge in [0.15, 0.2) is 0 Å². The smallest absolute Gasteiger partial charge is 0.253 e. The Kier molecular flexibility index (Phi) is 6.07. The number of hydrogen-bond acceptors (Lipinski definition) is 3. The molecule has 2 fully saturated rings. The highest BCUT2D eigenvalue weighted by molar-refractivity contribution is 5.95. The summed E-state index contributed by atoms with van der Waals surface area (Å²) in [5.74, 6) is 0.783. The maximum Gasteiger partial charge on any atom is 0.253 e. The van der Waals surface area contributed by atoms with Gasteiger partial charge in [0.1, 0.15) is 5.75 Å². The predicted octanol–water partition coefficient (Wildman–Crippen LogP) is 3.87. The van der Waals surface area contributed by atoms with Crippen molar-refractivity contribution in [3.63, 3.8) is 0 Å². The van der Waals surface area contributed by atoms with Crippen LogP contribution in [-0.4, -0.2) is 54.9 Å². The Balaban J connectivity index is 1.59. The molecule has 0 aromatic heterocycles. The van der Waals surface area contributed by atoms with Crippen molar-refractivity contribution in [3.05, 3.63) is 65.2 Å². The fraction of sp³-hybridized carbons (Fsp3) is 0.440. The SMILES string of the molecule is COc1ccc(C2CN(C(=O)c3ccc(C)cc3)CC2C(=O)N2CCCCC2)cc1. The molecule has 2 heterocycles. The maximum absolute atomic E-state index is 13.4. The van der Waals surface area contributed by atoms with Crippen molar-refractivity contribution in [3.8, 4) is 5.75 Å². The van der Waals surface area contributed by atoms with Gasteiger partial charge in [0.2, 0.25) is 5.91 Å². The van der Waals surface area contributed by atoms with E-state index in [1.54, 1.807) is 7.11 Å². The minimum absolute atomic E-state index is 0.000249. The van der Waals surface area contributed by atoms with E-state index in [0.717, 1.165) is 42.8 Å². The van der Waals surface area contributed by atoms with E-state index >= 15 is 0 Å². The van der Waals surface area contributed by atoms with Gasteiger partial charge in [-0.05, 0) is 56.0 Å². The molecule has 30 heavy (non-hydrogen) atoms. The van der Waals surface area contributed by atoms with Crippen LogP contribution < -0.4 is 4.74 Å². The summed E-state index contributed by atoms with van der Waals surface area (Å²) in [7, 11) is 1.65. The molecule has 0 saturated carbocycles. The van der Waals surface area contributed by atoms with Gasteiger partial charge in [-0.3, -0.25) is 9.59 Å². The highest BCUT2D eigenvalue weighted by Gasteiger charge is 2.42. The Morgan fingerprint density at radius 2 is 1.53 bits per heavy atom. The Morgan fingerprint density at radius 3 is 2.17 bits per heavy atom. The molecule has 0 bridgehead atoms. The quantitative estimate of drug-likeness (QED) is 0.774. The molecule has 2 saturated heterocycles. The fourth-order valence-corrected chi connectivity index (χ4v) is 4.64. The second-order valence-electron chi connectivity index (χ2n) is 8.45. The van der Waals surface area contributed by atoms with Crippen LogP contribution in [0, 0.1) is 12.8 Å². The summed E-state index contributed by atoms with van der Waals surface area (Å²) in [6.07, 6.45) is 3.32. The van der Waals surface area contributed by atoms with Crippen LogP contribution in [0.1, 0.15) is 46.7 Å². The number of carbonyl (C=O) groups is 2. The van der Waals surface area contributed by atoms with Crippen LogP contribution in [0.3, 0.4) is 0 Å². The molecule has 5 heteroatoms. The van der Waals surface area contributed by atoms with Crippen LogP contribution in [-0.2, 0) is 4.79 Å². The average molecular weight is 407 g/mol. The summed E-state index contributed by atoms with van der Waals surface area (Å²) in [5.41, 5.74) is 2.90. The fourth-order valence-electron chi connectivity index (χ4n) is 4.64. The van der Waals surface area contributed by atoms with Gasteiger partial charge in [-0.25, -0.2) is 0 Å². The van der Waals surface area contributed by atoms with Crippen molar-refractivity contribution in [1.82, 2.24) is 9.80 Å². The lowest BCUT2D eigenvalue weighted by Crippen LogP contribution is -2.42. The van der Waals surface area contributed by atoms with Gasteiger partial charge < -0.3 is 14.5 Å². The lowest BCUT2D eigenvalue weighted by Gasteiger charge is -2.31. The number of methoxy groups -OCH3 is 1. The number of carbonyl (C=O) groups excluding carboxylic acids is 2. The molecular formula is C25H30N2O3. The highest BCUT2D eigenvalue weighted by Crippen LogP contribution is 2.36. The Bertz CT molecular complexity index is 886. The first-order chi connectivity index (χ1) is 14.6. The van der Waals surface area contributed by atoms with Crippen LogP contribution in [0.25, 0.3) is 0 Å². The van der Waals surface area contributed by atoms with Crippen LogP contribution in [0.5, 0.6) is 5.75 Å². The van der Waals surface area contributed by atoms with Crippen LogP contribution in [0.15, 0.2) is 48.5 Å². The van der Waals surface area contributed by atoms with E-state index in [1.807, 2.05) is 65.3 Å². The van der Waals surface area contributed by atoms with Gasteiger partial charge in [-0.2, -0.15) is 0 Å². The largest absolute Gasteiger partial charge is 0.497 e. The molecule has 158 valence electrons. The second-order valence-corrected chi connectivity index (χ2v) is 8.45. The van der Waals surface area contributed by atoms with Gasteiger partial charge in [0, 0.05) is 37.7 Å². The second kappa shape index (κ2) is 8.90. The molecular weight excluding hydrogens is 376 g/mol. The molecule has 0 spiro atoms. The number of ether oxygens (including phenoxy) is 1. The van der Waals surface area contributed by atoms with Gasteiger partial charge >= 0.3 is 0 Å². The molecule has 2 aromatic rings. The van der Waals surface area contributed by atoms with Crippen molar-refractivity contribution in [2.24, 2.45) is 5.92 Å². The van der Waals surface area contributed by atoms with Crippen molar-refractivity contribution in [1.29, 1.82) is 0 Å². The van der Waals surface area contributed by atoms with Crippen LogP contribution >= 0.6 is 0 Å². The number of hydrogen-bond donors (Lipinski definition) is 0. The van der Waals surface area contributed by atoms with Crippen molar-refractivity contribution >= 4 is 11.8 Å². The normalized spacial score (nSPS) is 21.5. The first-order valence-corrected chi connectivity index (χ1v) is 10.9. The molecule has 0 N–H and O–H groups in total. The average Bonchev–Trinajstić information content (AvgIpc) is 3.24. The lowest BCUT2D eigenvalue weighted by molar-refractivity contribution is -0.136. The Labute approximate surface area is 178 Å². The summed E-state index contributed by atoms with van der Waals surface area (Å²) >= 11 is 0. The third-order valence-electron chi connectivity index (χ3n) is 6.43. The number of nitrogens with zero attached hydrogens (tertiary/aromatic N) is 2. The molecule has 5 nitrogen and oxygen atoms in total. The lowest BCUT2D eigenvalue weighted by atomic mass is 9.87. The number of rotatable bonds is 4. The number of benzene rings is 2. The topological polar surface area (TPSA) is 49.9 Å². The number of piperidine rings is 1. The minimum Gasteiger partial charge on any atom is -0.497 e. The van der Waals surface area contributed by atoms with Crippen molar-refractivity contribution in [2.45, 2.75) is 32.1 Å². The molecule has 2 aromatic carbocycles. The molecule has 0 aliphatic carbocycles. The summed E-state index contributed by atoms with van der Waals surface area (Å²) in [6.45, 7) is 4.70. The van der Waals surface area contributed by atoms with Crippen LogP contribution in [0.4, 0.5) is 0 Å². The van der Waals surface area contributed by atoms with E-state index in [9.17, 15) is 9.59 Å². The van der Waals surface area contributed by atoms with E-state index in [2.05, 4.69) is 0 Å². The van der Waals surface area contributed by atoms with E-state index in [4.69, 9.17) is 4.74 Å².